The number of halogens is 2. The minimum Gasteiger partial charge on any atom is -1.00 e. The summed E-state index contributed by atoms with van der Waals surface area (Å²) in [5.41, 5.74) is 5.87. The van der Waals surface area contributed by atoms with Crippen LogP contribution in [0.3, 0.4) is 0 Å². The topological polar surface area (TPSA) is 0 Å². The van der Waals surface area contributed by atoms with Crippen LogP contribution in [0.1, 0.15) is 34.6 Å². The molecule has 1 aliphatic rings. The predicted molar refractivity (Wildman–Crippen MR) is 51.4 cm³/mol. The third-order valence-corrected chi connectivity index (χ3v) is 2.81. The molecule has 3 heteroatoms. The molecule has 0 heterocycles. The zero-order valence-electron chi connectivity index (χ0n) is 8.83. The Kier molecular flexibility index (Phi) is 10.5. The van der Waals surface area contributed by atoms with Crippen molar-refractivity contribution in [2.24, 2.45) is 0 Å². The molecule has 4 radical (unpaired) electrons. The van der Waals surface area contributed by atoms with Gasteiger partial charge in [-0.25, -0.2) is 0 Å². The molecule has 0 amide bonds. The molecule has 74 valence electrons. The maximum Gasteiger partial charge on any atom is 0.0226 e. The van der Waals surface area contributed by atoms with Gasteiger partial charge in [0.25, 0.3) is 0 Å². The van der Waals surface area contributed by atoms with Gasteiger partial charge < -0.3 is 24.8 Å². The van der Waals surface area contributed by atoms with E-state index in [9.17, 15) is 0 Å². The van der Waals surface area contributed by atoms with Crippen LogP contribution in [-0.2, 0) is 0 Å². The Morgan fingerprint density at radius 2 is 0.769 bits per heavy atom. The fourth-order valence-electron chi connectivity index (χ4n) is 1.41. The summed E-state index contributed by atoms with van der Waals surface area (Å²) in [6.45, 7) is 11.0. The molecule has 0 spiro atoms. The van der Waals surface area contributed by atoms with Crippen molar-refractivity contribution in [2.45, 2.75) is 34.6 Å². The van der Waals surface area contributed by atoms with Crippen molar-refractivity contribution in [2.75, 3.05) is 0 Å². The Labute approximate surface area is 107 Å². The first-order valence-corrected chi connectivity index (χ1v) is 3.75. The molecule has 1 aliphatic carbocycles. The third kappa shape index (κ3) is 3.39. The molecular formula is C10H15Cl2Ga-2. The van der Waals surface area contributed by atoms with Crippen LogP contribution in [0.4, 0.5) is 0 Å². The molecule has 0 bridgehead atoms. The van der Waals surface area contributed by atoms with E-state index in [1.807, 2.05) is 0 Å². The van der Waals surface area contributed by atoms with Crippen molar-refractivity contribution in [3.05, 3.63) is 28.2 Å². The molecule has 0 saturated heterocycles. The van der Waals surface area contributed by atoms with Gasteiger partial charge in [0, 0.05) is 25.7 Å². The normalized spacial score (nSPS) is 16.4. The average Bonchev–Trinajstić information content (AvgIpc) is 2.07. The van der Waals surface area contributed by atoms with Gasteiger partial charge in [-0.1, -0.05) is 18.1 Å². The minimum atomic E-state index is 0. The van der Waals surface area contributed by atoms with Crippen LogP contribution in [0.25, 0.3) is 0 Å². The largest absolute Gasteiger partial charge is 1.00 e. The Morgan fingerprint density at radius 1 is 0.538 bits per heavy atom. The number of hydrogen-bond acceptors (Lipinski definition) is 0. The summed E-state index contributed by atoms with van der Waals surface area (Å²) in [5.74, 6) is 1.47. The molecule has 0 fully saturated rings. The van der Waals surface area contributed by atoms with Crippen LogP contribution in [0.2, 0.25) is 0 Å². The number of hydrogen-bond donors (Lipinski definition) is 0. The quantitative estimate of drug-likeness (QED) is 0.411. The maximum absolute atomic E-state index is 2.20. The Bertz CT molecular complexity index is 205. The first kappa shape index (κ1) is 19.3. The van der Waals surface area contributed by atoms with E-state index < -0.39 is 0 Å². The van der Waals surface area contributed by atoms with Gasteiger partial charge in [0.1, 0.15) is 0 Å². The van der Waals surface area contributed by atoms with Gasteiger partial charge in [-0.15, -0.1) is 0 Å². The maximum atomic E-state index is 2.20. The fraction of sp³-hybridized carbons (Fsp3) is 0.500. The summed E-state index contributed by atoms with van der Waals surface area (Å²) in [7, 11) is 0. The summed E-state index contributed by atoms with van der Waals surface area (Å²) in [6.07, 6.45) is 0. The van der Waals surface area contributed by atoms with E-state index in [4.69, 9.17) is 0 Å². The van der Waals surface area contributed by atoms with E-state index in [1.54, 1.807) is 0 Å². The molecule has 0 unspecified atom stereocenters. The summed E-state index contributed by atoms with van der Waals surface area (Å²) >= 11 is 0. The minimum absolute atomic E-state index is 0. The smallest absolute Gasteiger partial charge is 0.0226 e. The van der Waals surface area contributed by atoms with Gasteiger partial charge in [-0.05, 0) is 38.8 Å². The van der Waals surface area contributed by atoms with Crippen LogP contribution in [0.15, 0.2) is 22.3 Å². The van der Waals surface area contributed by atoms with E-state index in [0.717, 1.165) is 0 Å². The summed E-state index contributed by atoms with van der Waals surface area (Å²) in [6, 6.07) is 0. The first-order chi connectivity index (χ1) is 4.55. The Balaban J connectivity index is -0.000000333. The number of allylic oxidation sites excluding steroid dienone is 4. The standard InChI is InChI=1S/C10H15.2ClH.Ga/c1-6-7(2)9(4)10(5)8(6)3;;;/h1-5H3;2*1H;/p-2. The van der Waals surface area contributed by atoms with Crippen LogP contribution >= 0.6 is 0 Å². The third-order valence-electron chi connectivity index (χ3n) is 2.81. The number of rotatable bonds is 0. The molecule has 1 rings (SSSR count). The Hall–Kier alpha value is 0.696. The van der Waals surface area contributed by atoms with Crippen molar-refractivity contribution >= 4 is 19.8 Å². The van der Waals surface area contributed by atoms with E-state index >= 15 is 0 Å². The molecule has 13 heavy (non-hydrogen) atoms. The van der Waals surface area contributed by atoms with Gasteiger partial charge in [0.05, 0.1) is 0 Å². The van der Waals surface area contributed by atoms with Crippen LogP contribution in [0, 0.1) is 5.92 Å². The molecule has 0 saturated carbocycles. The average molecular weight is 276 g/mol. The van der Waals surface area contributed by atoms with Crippen molar-refractivity contribution < 1.29 is 24.8 Å². The SMILES string of the molecule is C[C]1C(C)=C(C)C(C)=C1C.[Cl-].[Cl-].[Ga]. The predicted octanol–water partition coefficient (Wildman–Crippen LogP) is -3.11. The van der Waals surface area contributed by atoms with Crippen LogP contribution < -0.4 is 24.8 Å². The molecule has 0 aromatic rings. The molecule has 0 aromatic heterocycles. The van der Waals surface area contributed by atoms with Gasteiger partial charge in [0.2, 0.25) is 0 Å². The Morgan fingerprint density at radius 3 is 0.846 bits per heavy atom. The van der Waals surface area contributed by atoms with Crippen LogP contribution in [-0.4, -0.2) is 19.8 Å². The molecule has 0 aromatic carbocycles. The fourth-order valence-corrected chi connectivity index (χ4v) is 1.41. The van der Waals surface area contributed by atoms with Gasteiger partial charge >= 0.3 is 0 Å². The zero-order chi connectivity index (χ0) is 7.89. The molecule has 0 N–H and O–H groups in total. The van der Waals surface area contributed by atoms with Gasteiger partial charge in [-0.2, -0.15) is 0 Å². The summed E-state index contributed by atoms with van der Waals surface area (Å²) in [4.78, 5) is 0. The second-order valence-corrected chi connectivity index (χ2v) is 3.12. The van der Waals surface area contributed by atoms with Crippen LogP contribution in [0.5, 0.6) is 0 Å². The van der Waals surface area contributed by atoms with E-state index in [1.165, 1.54) is 28.2 Å². The van der Waals surface area contributed by atoms with E-state index in [-0.39, 0.29) is 44.6 Å². The van der Waals surface area contributed by atoms with Crippen molar-refractivity contribution in [1.82, 2.24) is 0 Å². The first-order valence-electron chi connectivity index (χ1n) is 3.75. The molecule has 0 atom stereocenters. The van der Waals surface area contributed by atoms with E-state index in [2.05, 4.69) is 34.6 Å². The zero-order valence-corrected chi connectivity index (χ0v) is 12.8. The second kappa shape index (κ2) is 7.05. The molecule has 0 aliphatic heterocycles. The van der Waals surface area contributed by atoms with E-state index in [0.29, 0.717) is 0 Å². The van der Waals surface area contributed by atoms with Crippen molar-refractivity contribution in [3.8, 4) is 0 Å². The van der Waals surface area contributed by atoms with Gasteiger partial charge in [0.15, 0.2) is 0 Å². The second-order valence-electron chi connectivity index (χ2n) is 3.12. The molecule has 0 nitrogen and oxygen atoms in total. The van der Waals surface area contributed by atoms with Gasteiger partial charge in [-0.3, -0.25) is 0 Å². The monoisotopic (exact) mass is 274 g/mol. The molecular weight excluding hydrogens is 261 g/mol. The summed E-state index contributed by atoms with van der Waals surface area (Å²) in [5, 5.41) is 0. The summed E-state index contributed by atoms with van der Waals surface area (Å²) < 4.78 is 0. The van der Waals surface area contributed by atoms with Crippen molar-refractivity contribution in [3.63, 3.8) is 0 Å². The van der Waals surface area contributed by atoms with Crippen molar-refractivity contribution in [1.29, 1.82) is 0 Å².